The van der Waals surface area contributed by atoms with Gasteiger partial charge in [0.25, 0.3) is 0 Å². The summed E-state index contributed by atoms with van der Waals surface area (Å²) in [6.45, 7) is 0. The first-order valence-corrected chi connectivity index (χ1v) is 8.05. The summed E-state index contributed by atoms with van der Waals surface area (Å²) < 4.78 is 5.17. The highest BCUT2D eigenvalue weighted by atomic mass is 35.5. The molecule has 0 fully saturated rings. The fourth-order valence-corrected chi connectivity index (χ4v) is 3.00. The van der Waals surface area contributed by atoms with Crippen LogP contribution in [-0.4, -0.2) is 18.0 Å². The summed E-state index contributed by atoms with van der Waals surface area (Å²) in [5, 5.41) is 13.6. The maximum absolute atomic E-state index is 12.1. The Morgan fingerprint density at radius 2 is 1.96 bits per heavy atom. The normalized spacial score (nSPS) is 17.3. The molecule has 2 N–H and O–H groups in total. The van der Waals surface area contributed by atoms with Gasteiger partial charge in [-0.2, -0.15) is 0 Å². The highest BCUT2D eigenvalue weighted by molar-refractivity contribution is 6.30. The van der Waals surface area contributed by atoms with Crippen molar-refractivity contribution in [2.75, 3.05) is 12.4 Å². The first-order chi connectivity index (χ1) is 11.5. The molecule has 0 spiro atoms. The minimum atomic E-state index is 0.000910. The Morgan fingerprint density at radius 1 is 1.21 bits per heavy atom. The van der Waals surface area contributed by atoms with Gasteiger partial charge in [-0.05, 0) is 35.9 Å². The predicted octanol–water partition coefficient (Wildman–Crippen LogP) is 4.50. The number of halogens is 1. The molecule has 0 heterocycles. The molecule has 2 aromatic rings. The quantitative estimate of drug-likeness (QED) is 0.803. The van der Waals surface area contributed by atoms with Crippen molar-refractivity contribution in [3.05, 3.63) is 64.8 Å². The number of Topliss-reactive ketones (excluding diaryl/α,β-unsaturated/α-hetero) is 1. The lowest BCUT2D eigenvalue weighted by Crippen LogP contribution is -2.16. The molecule has 3 rings (SSSR count). The number of carbonyl (C=O) groups excluding carboxylic acids is 1. The van der Waals surface area contributed by atoms with Crippen LogP contribution in [0.2, 0.25) is 5.02 Å². The molecule has 0 saturated heterocycles. The third kappa shape index (κ3) is 3.71. The predicted molar refractivity (Wildman–Crippen MR) is 94.8 cm³/mol. The fraction of sp³-hybridized carbons (Fsp3) is 0.211. The number of nitrogens with one attached hydrogen (secondary N) is 1. The molecular weight excluding hydrogens is 326 g/mol. The van der Waals surface area contributed by atoms with Crippen molar-refractivity contribution < 1.29 is 14.6 Å². The molecule has 0 saturated carbocycles. The van der Waals surface area contributed by atoms with Crippen LogP contribution in [0.25, 0.3) is 0 Å². The number of phenols is 1. The van der Waals surface area contributed by atoms with E-state index in [2.05, 4.69) is 5.32 Å². The Kier molecular flexibility index (Phi) is 4.76. The molecule has 1 aliphatic rings. The average molecular weight is 344 g/mol. The van der Waals surface area contributed by atoms with Gasteiger partial charge in [-0.15, -0.1) is 0 Å². The Labute approximate surface area is 145 Å². The van der Waals surface area contributed by atoms with E-state index < -0.39 is 0 Å². The molecular formula is C19H18ClNO3. The van der Waals surface area contributed by atoms with Gasteiger partial charge in [0.2, 0.25) is 0 Å². The van der Waals surface area contributed by atoms with E-state index in [1.807, 2.05) is 30.3 Å². The number of rotatable bonds is 4. The minimum absolute atomic E-state index is 0.000910. The van der Waals surface area contributed by atoms with Gasteiger partial charge in [0.15, 0.2) is 0 Å². The van der Waals surface area contributed by atoms with Gasteiger partial charge in [-0.3, -0.25) is 4.79 Å². The molecule has 0 radical (unpaired) electrons. The molecule has 0 bridgehead atoms. The second-order valence-corrected chi connectivity index (χ2v) is 6.21. The highest BCUT2D eigenvalue weighted by Gasteiger charge is 2.22. The molecule has 24 heavy (non-hydrogen) atoms. The Balaban J connectivity index is 1.85. The van der Waals surface area contributed by atoms with Gasteiger partial charge < -0.3 is 15.2 Å². The standard InChI is InChI=1S/C19H18ClNO3/c1-24-17-5-2-12(3-6-17)13-8-15(11-16(22)9-13)21-18-10-14(20)4-7-19(18)23/h2-8,10,13,21,23H,9,11H2,1H3/t13-/m0/s1. The Morgan fingerprint density at radius 3 is 2.67 bits per heavy atom. The van der Waals surface area contributed by atoms with Crippen LogP contribution in [0.5, 0.6) is 11.5 Å². The first-order valence-electron chi connectivity index (χ1n) is 7.67. The Hall–Kier alpha value is -2.46. The summed E-state index contributed by atoms with van der Waals surface area (Å²) in [5.41, 5.74) is 2.32. The number of carbonyl (C=O) groups is 1. The monoisotopic (exact) mass is 343 g/mol. The number of benzene rings is 2. The third-order valence-corrected chi connectivity index (χ3v) is 4.27. The van der Waals surface area contributed by atoms with Crippen LogP contribution >= 0.6 is 11.6 Å². The summed E-state index contributed by atoms with van der Waals surface area (Å²) in [6.07, 6.45) is 2.82. The van der Waals surface area contributed by atoms with Crippen LogP contribution in [0, 0.1) is 0 Å². The number of anilines is 1. The van der Waals surface area contributed by atoms with Gasteiger partial charge in [0.1, 0.15) is 17.3 Å². The zero-order valence-corrected chi connectivity index (χ0v) is 14.0. The smallest absolute Gasteiger partial charge is 0.139 e. The van der Waals surface area contributed by atoms with E-state index in [-0.39, 0.29) is 17.5 Å². The maximum atomic E-state index is 12.1. The number of ketones is 1. The van der Waals surface area contributed by atoms with Crippen molar-refractivity contribution >= 4 is 23.1 Å². The number of aromatic hydroxyl groups is 1. The van der Waals surface area contributed by atoms with Gasteiger partial charge >= 0.3 is 0 Å². The molecule has 1 aliphatic carbocycles. The fourth-order valence-electron chi connectivity index (χ4n) is 2.82. The van der Waals surface area contributed by atoms with Crippen molar-refractivity contribution in [2.24, 2.45) is 0 Å². The summed E-state index contributed by atoms with van der Waals surface area (Å²) >= 11 is 5.97. The van der Waals surface area contributed by atoms with Crippen molar-refractivity contribution in [1.82, 2.24) is 0 Å². The second kappa shape index (κ2) is 6.97. The highest BCUT2D eigenvalue weighted by Crippen LogP contribution is 2.33. The molecule has 1 atom stereocenters. The zero-order valence-electron chi connectivity index (χ0n) is 13.3. The summed E-state index contributed by atoms with van der Waals surface area (Å²) in [4.78, 5) is 12.1. The van der Waals surface area contributed by atoms with Crippen LogP contribution in [-0.2, 0) is 4.79 Å². The molecule has 5 heteroatoms. The van der Waals surface area contributed by atoms with E-state index in [0.717, 1.165) is 17.0 Å². The molecule has 0 amide bonds. The lowest BCUT2D eigenvalue weighted by Gasteiger charge is -2.22. The van der Waals surface area contributed by atoms with Crippen molar-refractivity contribution in [2.45, 2.75) is 18.8 Å². The van der Waals surface area contributed by atoms with Gasteiger partial charge in [-0.25, -0.2) is 0 Å². The molecule has 0 aromatic heterocycles. The lowest BCUT2D eigenvalue weighted by atomic mass is 9.87. The van der Waals surface area contributed by atoms with Crippen LogP contribution in [0.1, 0.15) is 24.3 Å². The van der Waals surface area contributed by atoms with E-state index >= 15 is 0 Å². The minimum Gasteiger partial charge on any atom is -0.506 e. The van der Waals surface area contributed by atoms with Crippen LogP contribution < -0.4 is 10.1 Å². The maximum Gasteiger partial charge on any atom is 0.139 e. The second-order valence-electron chi connectivity index (χ2n) is 5.78. The van der Waals surface area contributed by atoms with Gasteiger partial charge in [-0.1, -0.05) is 29.8 Å². The molecule has 0 aliphatic heterocycles. The third-order valence-electron chi connectivity index (χ3n) is 4.04. The van der Waals surface area contributed by atoms with Crippen LogP contribution in [0.3, 0.4) is 0 Å². The van der Waals surface area contributed by atoms with E-state index in [4.69, 9.17) is 16.3 Å². The molecule has 4 nitrogen and oxygen atoms in total. The van der Waals surface area contributed by atoms with Gasteiger partial charge in [0, 0.05) is 29.5 Å². The van der Waals surface area contributed by atoms with Crippen LogP contribution in [0.15, 0.2) is 54.2 Å². The summed E-state index contributed by atoms with van der Waals surface area (Å²) in [6, 6.07) is 12.5. The lowest BCUT2D eigenvalue weighted by molar-refractivity contribution is -0.118. The number of ether oxygens (including phenoxy) is 1. The summed E-state index contributed by atoms with van der Waals surface area (Å²) in [7, 11) is 1.62. The van der Waals surface area contributed by atoms with E-state index in [1.54, 1.807) is 19.2 Å². The van der Waals surface area contributed by atoms with E-state index in [0.29, 0.717) is 23.6 Å². The largest absolute Gasteiger partial charge is 0.506 e. The molecule has 2 aromatic carbocycles. The Bertz CT molecular complexity index is 784. The number of hydrogen-bond acceptors (Lipinski definition) is 4. The molecule has 0 unspecified atom stereocenters. The topological polar surface area (TPSA) is 58.6 Å². The van der Waals surface area contributed by atoms with Crippen molar-refractivity contribution in [3.8, 4) is 11.5 Å². The van der Waals surface area contributed by atoms with Crippen LogP contribution in [0.4, 0.5) is 5.69 Å². The van der Waals surface area contributed by atoms with Gasteiger partial charge in [0.05, 0.1) is 12.8 Å². The van der Waals surface area contributed by atoms with Crippen molar-refractivity contribution in [1.29, 1.82) is 0 Å². The number of methoxy groups -OCH3 is 1. The van der Waals surface area contributed by atoms with E-state index in [9.17, 15) is 9.90 Å². The number of phenolic OH excluding ortho intramolecular Hbond substituents is 1. The first kappa shape index (κ1) is 16.4. The molecule has 124 valence electrons. The zero-order chi connectivity index (χ0) is 17.1. The SMILES string of the molecule is COc1ccc([C@H]2C=C(Nc3cc(Cl)ccc3O)CC(=O)C2)cc1. The summed E-state index contributed by atoms with van der Waals surface area (Å²) in [5.74, 6) is 1.04. The number of hydrogen-bond donors (Lipinski definition) is 2. The van der Waals surface area contributed by atoms with Crippen molar-refractivity contribution in [3.63, 3.8) is 0 Å². The average Bonchev–Trinajstić information content (AvgIpc) is 2.58. The van der Waals surface area contributed by atoms with E-state index in [1.165, 1.54) is 6.07 Å². The number of allylic oxidation sites excluding steroid dienone is 2.